The van der Waals surface area contributed by atoms with Crippen LogP contribution in [0.25, 0.3) is 71.6 Å². The quantitative estimate of drug-likeness (QED) is 0.128. The number of nitrogens with zero attached hydrogens (tertiary/aromatic N) is 2. The zero-order valence-corrected chi connectivity index (χ0v) is 29.7. The molecule has 0 aliphatic carbocycles. The molecule has 10 aromatic rings. The standard InChI is InChI=1S/C49H33N2OP/c52-53(37-20-9-3-10-21-37,38-22-11-4-12-23-38)39-30-28-34(29-31-39)40-25-15-26-43-46-45(51(49(40)43)36-18-7-2-8-19-36)33-32-42-41-24-13-14-27-44(41)50-48(47(42)46)35-16-5-1-6-17-35/h1-33H. The van der Waals surface area contributed by atoms with E-state index in [0.29, 0.717) is 0 Å². The lowest BCUT2D eigenvalue weighted by Crippen LogP contribution is -2.24. The molecule has 0 saturated heterocycles. The van der Waals surface area contributed by atoms with Crippen LogP contribution >= 0.6 is 7.14 Å². The Labute approximate surface area is 307 Å². The summed E-state index contributed by atoms with van der Waals surface area (Å²) in [7, 11) is -3.11. The maximum Gasteiger partial charge on any atom is 0.171 e. The Morgan fingerprint density at radius 1 is 0.415 bits per heavy atom. The lowest BCUT2D eigenvalue weighted by molar-refractivity contribution is 0.592. The average molecular weight is 697 g/mol. The second kappa shape index (κ2) is 12.6. The molecule has 0 aliphatic heterocycles. The van der Waals surface area contributed by atoms with E-state index >= 15 is 4.57 Å². The third kappa shape index (κ3) is 4.97. The van der Waals surface area contributed by atoms with E-state index < -0.39 is 7.14 Å². The van der Waals surface area contributed by atoms with Gasteiger partial charge in [-0.05, 0) is 35.2 Å². The van der Waals surface area contributed by atoms with Crippen LogP contribution in [-0.4, -0.2) is 9.55 Å². The van der Waals surface area contributed by atoms with Crippen molar-refractivity contribution in [3.63, 3.8) is 0 Å². The molecule has 53 heavy (non-hydrogen) atoms. The van der Waals surface area contributed by atoms with Crippen molar-refractivity contribution in [2.45, 2.75) is 0 Å². The number of hydrogen-bond donors (Lipinski definition) is 0. The Hall–Kier alpha value is -6.54. The molecule has 2 heterocycles. The highest BCUT2D eigenvalue weighted by atomic mass is 31.2. The van der Waals surface area contributed by atoms with Gasteiger partial charge < -0.3 is 9.13 Å². The van der Waals surface area contributed by atoms with Crippen molar-refractivity contribution in [2.24, 2.45) is 0 Å². The van der Waals surface area contributed by atoms with Crippen molar-refractivity contribution in [2.75, 3.05) is 0 Å². The summed E-state index contributed by atoms with van der Waals surface area (Å²) in [4.78, 5) is 5.34. The van der Waals surface area contributed by atoms with Gasteiger partial charge in [-0.25, -0.2) is 4.98 Å². The summed E-state index contributed by atoms with van der Waals surface area (Å²) in [5.41, 5.74) is 8.53. The van der Waals surface area contributed by atoms with Crippen LogP contribution in [0.2, 0.25) is 0 Å². The highest BCUT2D eigenvalue weighted by Crippen LogP contribution is 2.46. The Kier molecular flexibility index (Phi) is 7.42. The number of hydrogen-bond acceptors (Lipinski definition) is 2. The van der Waals surface area contributed by atoms with Gasteiger partial charge in [0.25, 0.3) is 0 Å². The second-order valence-corrected chi connectivity index (χ2v) is 16.2. The zero-order chi connectivity index (χ0) is 35.4. The van der Waals surface area contributed by atoms with Gasteiger partial charge in [-0.1, -0.05) is 176 Å². The first kappa shape index (κ1) is 31.2. The molecule has 0 fully saturated rings. The minimum atomic E-state index is -3.11. The number of aromatic nitrogens is 2. The van der Waals surface area contributed by atoms with Crippen LogP contribution in [0.1, 0.15) is 0 Å². The van der Waals surface area contributed by atoms with Gasteiger partial charge >= 0.3 is 0 Å². The van der Waals surface area contributed by atoms with E-state index in [9.17, 15) is 0 Å². The van der Waals surface area contributed by atoms with Crippen LogP contribution in [0, 0.1) is 0 Å². The van der Waals surface area contributed by atoms with Gasteiger partial charge in [-0.2, -0.15) is 0 Å². The number of para-hydroxylation sites is 3. The Morgan fingerprint density at radius 3 is 1.66 bits per heavy atom. The van der Waals surface area contributed by atoms with E-state index in [4.69, 9.17) is 4.98 Å². The van der Waals surface area contributed by atoms with E-state index in [1.165, 1.54) is 10.8 Å². The number of fused-ring (bicyclic) bond motifs is 7. The largest absolute Gasteiger partial charge is 0.309 e. The molecule has 3 nitrogen and oxygen atoms in total. The molecular formula is C49H33N2OP. The van der Waals surface area contributed by atoms with Crippen LogP contribution in [0.3, 0.4) is 0 Å². The molecule has 0 N–H and O–H groups in total. The summed E-state index contributed by atoms with van der Waals surface area (Å²) >= 11 is 0. The van der Waals surface area contributed by atoms with Crippen LogP contribution in [0.15, 0.2) is 200 Å². The molecule has 0 spiro atoms. The van der Waals surface area contributed by atoms with E-state index in [2.05, 4.69) is 144 Å². The van der Waals surface area contributed by atoms with E-state index in [-0.39, 0.29) is 0 Å². The molecule has 8 aromatic carbocycles. The Bertz CT molecular complexity index is 2950. The molecule has 0 aliphatic rings. The predicted molar refractivity (Wildman–Crippen MR) is 224 cm³/mol. The first-order valence-corrected chi connectivity index (χ1v) is 19.6. The van der Waals surface area contributed by atoms with Gasteiger partial charge in [0.2, 0.25) is 0 Å². The van der Waals surface area contributed by atoms with Crippen molar-refractivity contribution in [3.05, 3.63) is 200 Å². The fourth-order valence-electron chi connectivity index (χ4n) is 8.06. The molecule has 0 bridgehead atoms. The smallest absolute Gasteiger partial charge is 0.171 e. The monoisotopic (exact) mass is 696 g/mol. The SMILES string of the molecule is O=P(c1ccccc1)(c1ccccc1)c1ccc(-c2cccc3c4c5c(-c6ccccc6)nc6ccccc6c5ccc4n(-c4ccccc4)c23)cc1. The van der Waals surface area contributed by atoms with Gasteiger partial charge in [0.1, 0.15) is 0 Å². The summed E-state index contributed by atoms with van der Waals surface area (Å²) in [5, 5.41) is 8.26. The van der Waals surface area contributed by atoms with E-state index in [1.54, 1.807) is 0 Å². The fraction of sp³-hybridized carbons (Fsp3) is 0. The van der Waals surface area contributed by atoms with Crippen LogP contribution in [-0.2, 0) is 4.57 Å². The third-order valence-corrected chi connectivity index (χ3v) is 13.5. The van der Waals surface area contributed by atoms with E-state index in [1.807, 2.05) is 60.7 Å². The topological polar surface area (TPSA) is 34.9 Å². The molecule has 4 heteroatoms. The predicted octanol–water partition coefficient (Wildman–Crippen LogP) is 11.5. The summed E-state index contributed by atoms with van der Waals surface area (Å²) < 4.78 is 17.6. The molecule has 0 amide bonds. The van der Waals surface area contributed by atoms with Crippen LogP contribution < -0.4 is 15.9 Å². The van der Waals surface area contributed by atoms with Crippen molar-refractivity contribution >= 4 is 66.5 Å². The minimum Gasteiger partial charge on any atom is -0.309 e. The van der Waals surface area contributed by atoms with Gasteiger partial charge in [0.05, 0.1) is 22.2 Å². The molecule has 0 atom stereocenters. The fourth-order valence-corrected chi connectivity index (χ4v) is 10.7. The molecule has 0 unspecified atom stereocenters. The lowest BCUT2D eigenvalue weighted by atomic mass is 9.95. The van der Waals surface area contributed by atoms with Crippen LogP contribution in [0.5, 0.6) is 0 Å². The number of benzene rings is 8. The van der Waals surface area contributed by atoms with Gasteiger partial charge in [0.15, 0.2) is 7.14 Å². The third-order valence-electron chi connectivity index (χ3n) is 10.5. The van der Waals surface area contributed by atoms with Crippen molar-refractivity contribution in [3.8, 4) is 28.1 Å². The summed E-state index contributed by atoms with van der Waals surface area (Å²) in [6.45, 7) is 0. The summed E-state index contributed by atoms with van der Waals surface area (Å²) in [5.74, 6) is 0. The molecule has 2 aromatic heterocycles. The normalized spacial score (nSPS) is 11.8. The maximum absolute atomic E-state index is 15.2. The number of rotatable bonds is 6. The Morgan fingerprint density at radius 2 is 0.981 bits per heavy atom. The first-order valence-electron chi connectivity index (χ1n) is 17.9. The lowest BCUT2D eigenvalue weighted by Gasteiger charge is -2.20. The minimum absolute atomic E-state index is 0.811. The van der Waals surface area contributed by atoms with Gasteiger partial charge in [-0.15, -0.1) is 0 Å². The average Bonchev–Trinajstić information content (AvgIpc) is 3.59. The van der Waals surface area contributed by atoms with Crippen LogP contribution in [0.4, 0.5) is 0 Å². The molecule has 10 rings (SSSR count). The van der Waals surface area contributed by atoms with Crippen molar-refractivity contribution in [1.82, 2.24) is 9.55 Å². The van der Waals surface area contributed by atoms with Crippen molar-refractivity contribution < 1.29 is 4.57 Å². The Balaban J connectivity index is 1.27. The van der Waals surface area contributed by atoms with Crippen molar-refractivity contribution in [1.29, 1.82) is 0 Å². The van der Waals surface area contributed by atoms with Gasteiger partial charge in [0, 0.05) is 54.3 Å². The summed E-state index contributed by atoms with van der Waals surface area (Å²) in [6.07, 6.45) is 0. The summed E-state index contributed by atoms with van der Waals surface area (Å²) in [6, 6.07) is 68.9. The highest BCUT2D eigenvalue weighted by molar-refractivity contribution is 7.85. The zero-order valence-electron chi connectivity index (χ0n) is 28.8. The second-order valence-electron chi connectivity index (χ2n) is 13.4. The first-order chi connectivity index (χ1) is 26.2. The van der Waals surface area contributed by atoms with Gasteiger partial charge in [-0.3, -0.25) is 0 Å². The molecule has 250 valence electrons. The van der Waals surface area contributed by atoms with E-state index in [0.717, 1.165) is 76.7 Å². The maximum atomic E-state index is 15.2. The number of pyridine rings is 1. The molecule has 0 radical (unpaired) electrons. The highest BCUT2D eigenvalue weighted by Gasteiger charge is 2.30. The molecule has 0 saturated carbocycles. The molecular weight excluding hydrogens is 664 g/mol.